The van der Waals surface area contributed by atoms with Gasteiger partial charge in [0.05, 0.1) is 18.9 Å². The van der Waals surface area contributed by atoms with Gasteiger partial charge in [-0.1, -0.05) is 68.3 Å². The second-order valence-electron chi connectivity index (χ2n) is 7.53. The summed E-state index contributed by atoms with van der Waals surface area (Å²) in [5.41, 5.74) is 4.09. The van der Waals surface area contributed by atoms with Crippen LogP contribution in [0.25, 0.3) is 6.08 Å². The molecule has 0 radical (unpaired) electrons. The fourth-order valence-corrected chi connectivity index (χ4v) is 4.31. The number of hydrogen-bond acceptors (Lipinski definition) is 5. The van der Waals surface area contributed by atoms with Crippen LogP contribution in [-0.2, 0) is 14.3 Å². The van der Waals surface area contributed by atoms with Gasteiger partial charge in [-0.25, -0.2) is 0 Å². The Morgan fingerprint density at radius 1 is 1.21 bits per heavy atom. The second kappa shape index (κ2) is 11.9. The Morgan fingerprint density at radius 3 is 2.57 bits per heavy atom. The first-order valence-corrected chi connectivity index (χ1v) is 11.0. The number of benzene rings is 1. The number of rotatable bonds is 9. The summed E-state index contributed by atoms with van der Waals surface area (Å²) in [5.74, 6) is -0.0287. The number of nitrogens with one attached hydrogen (secondary N) is 1. The van der Waals surface area contributed by atoms with Gasteiger partial charge in [0.2, 0.25) is 5.91 Å². The molecule has 1 amide bonds. The number of amides is 1. The Bertz CT molecular complexity index is 642. The number of carbonyl (C=O) groups excluding carboxylic acids is 2. The lowest BCUT2D eigenvalue weighted by atomic mass is 9.82. The predicted molar refractivity (Wildman–Crippen MR) is 115 cm³/mol. The van der Waals surface area contributed by atoms with Crippen LogP contribution in [0, 0.1) is 17.8 Å². The van der Waals surface area contributed by atoms with E-state index in [-0.39, 0.29) is 11.9 Å². The van der Waals surface area contributed by atoms with Gasteiger partial charge in [0, 0.05) is 12.3 Å². The minimum Gasteiger partial charge on any atom is -0.469 e. The molecule has 1 unspecified atom stereocenters. The molecule has 0 spiro atoms. The van der Waals surface area contributed by atoms with Gasteiger partial charge < -0.3 is 4.74 Å². The molecule has 0 bridgehead atoms. The van der Waals surface area contributed by atoms with E-state index < -0.39 is 11.8 Å². The Balaban J connectivity index is 2.12. The molecule has 6 heteroatoms. The molecule has 5 nitrogen and oxygen atoms in total. The zero-order valence-corrected chi connectivity index (χ0v) is 17.9. The maximum Gasteiger partial charge on any atom is 0.309 e. The van der Waals surface area contributed by atoms with E-state index in [1.54, 1.807) is 11.9 Å². The van der Waals surface area contributed by atoms with Gasteiger partial charge in [0.25, 0.3) is 0 Å². The lowest BCUT2D eigenvalue weighted by Crippen LogP contribution is -2.46. The van der Waals surface area contributed by atoms with Crippen molar-refractivity contribution in [3.05, 3.63) is 42.0 Å². The maximum absolute atomic E-state index is 13.0. The van der Waals surface area contributed by atoms with Crippen molar-refractivity contribution in [1.29, 1.82) is 0 Å². The van der Waals surface area contributed by atoms with Gasteiger partial charge in [0.15, 0.2) is 0 Å². The summed E-state index contributed by atoms with van der Waals surface area (Å²) in [6.45, 7) is 4.98. The fraction of sp³-hybridized carbons (Fsp3) is 0.545. The topological polar surface area (TPSA) is 58.6 Å². The number of hydrogen-bond donors (Lipinski definition) is 1. The Morgan fingerprint density at radius 2 is 1.96 bits per heavy atom. The molecule has 1 fully saturated rings. The number of carbonyl (C=O) groups is 2. The lowest BCUT2D eigenvalue weighted by Gasteiger charge is -2.30. The average molecular weight is 405 g/mol. The van der Waals surface area contributed by atoms with Gasteiger partial charge in [-0.2, -0.15) is 4.41 Å². The maximum atomic E-state index is 13.0. The van der Waals surface area contributed by atoms with Gasteiger partial charge >= 0.3 is 5.97 Å². The molecule has 2 atom stereocenters. The zero-order chi connectivity index (χ0) is 20.4. The molecule has 1 aliphatic rings. The number of ether oxygens (including phenoxy) is 1. The predicted octanol–water partition coefficient (Wildman–Crippen LogP) is 4.32. The van der Waals surface area contributed by atoms with E-state index >= 15 is 0 Å². The first-order chi connectivity index (χ1) is 13.5. The third-order valence-corrected chi connectivity index (χ3v) is 5.85. The molecule has 1 saturated heterocycles. The number of hydrazine groups is 1. The van der Waals surface area contributed by atoms with Crippen LogP contribution < -0.4 is 5.43 Å². The van der Waals surface area contributed by atoms with Crippen molar-refractivity contribution in [3.63, 3.8) is 0 Å². The Kier molecular flexibility index (Phi) is 9.58. The van der Waals surface area contributed by atoms with Gasteiger partial charge in [-0.15, -0.1) is 0 Å². The summed E-state index contributed by atoms with van der Waals surface area (Å²) in [6, 6.07) is 9.94. The first kappa shape index (κ1) is 22.5. The van der Waals surface area contributed by atoms with Crippen molar-refractivity contribution in [1.82, 2.24) is 9.84 Å². The summed E-state index contributed by atoms with van der Waals surface area (Å²) >= 11 is 1.64. The van der Waals surface area contributed by atoms with E-state index in [0.717, 1.165) is 24.3 Å². The highest BCUT2D eigenvalue weighted by Gasteiger charge is 2.35. The van der Waals surface area contributed by atoms with Gasteiger partial charge in [-0.3, -0.25) is 15.0 Å². The van der Waals surface area contributed by atoms with Crippen LogP contribution in [0.15, 0.2) is 36.4 Å². The summed E-state index contributed by atoms with van der Waals surface area (Å²) in [6.07, 6.45) is 7.31. The van der Waals surface area contributed by atoms with Crippen LogP contribution in [0.4, 0.5) is 0 Å². The Hall–Kier alpha value is -1.79. The van der Waals surface area contributed by atoms with Crippen molar-refractivity contribution >= 4 is 29.9 Å². The summed E-state index contributed by atoms with van der Waals surface area (Å²) in [5, 5.41) is 0. The lowest BCUT2D eigenvalue weighted by molar-refractivity contribution is -0.151. The van der Waals surface area contributed by atoms with Crippen LogP contribution in [0.1, 0.15) is 45.1 Å². The monoisotopic (exact) mass is 404 g/mol. The number of allylic oxidation sites excluding steroid dienone is 1. The minimum atomic E-state index is -0.498. The standard InChI is InChI=1S/C22H32N2O3S/c1-17(2)16-20(21(25)23-24-14-7-8-15-28-24)19(22(26)27-3)13-9-12-18-10-5-4-6-11-18/h4-6,9-12,17,19-20H,7-8,13-16H2,1-3H3,(H,23,25)/b12-9+/t19?,20-/m1/s1. The first-order valence-electron chi connectivity index (χ1n) is 10.0. The summed E-state index contributed by atoms with van der Waals surface area (Å²) < 4.78 is 6.96. The molecule has 1 heterocycles. The van der Waals surface area contributed by atoms with Gasteiger partial charge in [-0.05, 0) is 37.2 Å². The zero-order valence-electron chi connectivity index (χ0n) is 17.1. The molecule has 1 aromatic rings. The number of esters is 1. The molecular formula is C22H32N2O3S. The SMILES string of the molecule is COC(=O)C(C/C=C/c1ccccc1)[C@@H](CC(C)C)C(=O)NN1CCCCS1. The van der Waals surface area contributed by atoms with E-state index in [4.69, 9.17) is 4.74 Å². The molecular weight excluding hydrogens is 372 g/mol. The van der Waals surface area contributed by atoms with Crippen molar-refractivity contribution in [3.8, 4) is 0 Å². The average Bonchev–Trinajstić information content (AvgIpc) is 2.70. The minimum absolute atomic E-state index is 0.0911. The van der Waals surface area contributed by atoms with Gasteiger partial charge in [0.1, 0.15) is 0 Å². The normalized spacial score (nSPS) is 17.4. The number of nitrogens with zero attached hydrogens (tertiary/aromatic N) is 1. The smallest absolute Gasteiger partial charge is 0.309 e. The summed E-state index contributed by atoms with van der Waals surface area (Å²) in [7, 11) is 1.39. The summed E-state index contributed by atoms with van der Waals surface area (Å²) in [4.78, 5) is 25.6. The van der Waals surface area contributed by atoms with Crippen molar-refractivity contribution in [2.24, 2.45) is 17.8 Å². The Labute approximate surface area is 173 Å². The van der Waals surface area contributed by atoms with Crippen molar-refractivity contribution in [2.45, 2.75) is 39.5 Å². The molecule has 2 rings (SSSR count). The van der Waals surface area contributed by atoms with Crippen molar-refractivity contribution < 1.29 is 14.3 Å². The van der Waals surface area contributed by atoms with Crippen LogP contribution in [-0.4, -0.2) is 35.7 Å². The molecule has 1 N–H and O–H groups in total. The third kappa shape index (κ3) is 7.32. The molecule has 1 aromatic carbocycles. The molecule has 0 aromatic heterocycles. The van der Waals surface area contributed by atoms with Crippen LogP contribution in [0.2, 0.25) is 0 Å². The largest absolute Gasteiger partial charge is 0.469 e. The molecule has 0 aliphatic carbocycles. The number of methoxy groups -OCH3 is 1. The second-order valence-corrected chi connectivity index (χ2v) is 8.64. The highest BCUT2D eigenvalue weighted by atomic mass is 32.2. The third-order valence-electron chi connectivity index (χ3n) is 4.79. The van der Waals surface area contributed by atoms with Crippen LogP contribution >= 0.6 is 11.9 Å². The highest BCUT2D eigenvalue weighted by molar-refractivity contribution is 7.97. The molecule has 0 saturated carbocycles. The van der Waals surface area contributed by atoms with E-state index in [1.165, 1.54) is 13.5 Å². The van der Waals surface area contributed by atoms with E-state index in [2.05, 4.69) is 19.3 Å². The van der Waals surface area contributed by atoms with Crippen LogP contribution in [0.3, 0.4) is 0 Å². The molecule has 28 heavy (non-hydrogen) atoms. The van der Waals surface area contributed by atoms with Crippen molar-refractivity contribution in [2.75, 3.05) is 19.4 Å². The van der Waals surface area contributed by atoms with E-state index in [0.29, 0.717) is 18.8 Å². The quantitative estimate of drug-likeness (QED) is 0.491. The highest BCUT2D eigenvalue weighted by Crippen LogP contribution is 2.27. The molecule has 1 aliphatic heterocycles. The van der Waals surface area contributed by atoms with Crippen LogP contribution in [0.5, 0.6) is 0 Å². The van der Waals surface area contributed by atoms with E-state index in [1.807, 2.05) is 46.9 Å². The molecule has 154 valence electrons. The van der Waals surface area contributed by atoms with E-state index in [9.17, 15) is 9.59 Å². The fourth-order valence-electron chi connectivity index (χ4n) is 3.34.